The highest BCUT2D eigenvalue weighted by Crippen LogP contribution is 1.99. The van der Waals surface area contributed by atoms with Gasteiger partial charge >= 0.3 is 5.97 Å². The van der Waals surface area contributed by atoms with E-state index in [0.717, 1.165) is 19.3 Å². The van der Waals surface area contributed by atoms with Gasteiger partial charge in [0.25, 0.3) is 0 Å². The van der Waals surface area contributed by atoms with Gasteiger partial charge in [0.15, 0.2) is 0 Å². The highest BCUT2D eigenvalue weighted by atomic mass is 16.4. The van der Waals surface area contributed by atoms with Crippen LogP contribution in [0.4, 0.5) is 0 Å². The second kappa shape index (κ2) is 8.95. The zero-order valence-corrected chi connectivity index (χ0v) is 10.0. The number of carbonyl (C=O) groups excluding carboxylic acids is 1. The van der Waals surface area contributed by atoms with Crippen molar-refractivity contribution in [3.63, 3.8) is 0 Å². The van der Waals surface area contributed by atoms with Gasteiger partial charge in [-0.05, 0) is 25.8 Å². The van der Waals surface area contributed by atoms with Gasteiger partial charge in [-0.1, -0.05) is 25.8 Å². The molecule has 0 aliphatic heterocycles. The Kier molecular flexibility index (Phi) is 8.21. The molecule has 4 nitrogen and oxygen atoms in total. The molecule has 92 valence electrons. The molecule has 0 aliphatic carbocycles. The molecule has 1 atom stereocenters. The molecule has 4 heteroatoms. The molecule has 2 N–H and O–H groups in total. The maximum atomic E-state index is 11.3. The summed E-state index contributed by atoms with van der Waals surface area (Å²) < 4.78 is 0. The minimum Gasteiger partial charge on any atom is -0.481 e. The van der Waals surface area contributed by atoms with Crippen LogP contribution in [0.3, 0.4) is 0 Å². The third-order valence-corrected chi connectivity index (χ3v) is 2.11. The second-order valence-corrected chi connectivity index (χ2v) is 3.91. The molecule has 0 spiro atoms. The summed E-state index contributed by atoms with van der Waals surface area (Å²) in [6.45, 7) is 3.81. The van der Waals surface area contributed by atoms with Gasteiger partial charge in [0, 0.05) is 6.04 Å². The predicted octanol–water partition coefficient (Wildman–Crippen LogP) is 2.10. The number of nitrogens with one attached hydrogen (secondary N) is 1. The van der Waals surface area contributed by atoms with E-state index in [-0.39, 0.29) is 18.4 Å². The number of allylic oxidation sites excluding steroid dienone is 1. The van der Waals surface area contributed by atoms with E-state index in [4.69, 9.17) is 5.11 Å². The number of unbranched alkanes of at least 4 members (excludes halogenated alkanes) is 3. The Labute approximate surface area is 96.7 Å². The lowest BCUT2D eigenvalue weighted by atomic mass is 10.2. The van der Waals surface area contributed by atoms with Gasteiger partial charge in [-0.2, -0.15) is 0 Å². The normalized spacial score (nSPS) is 12.6. The molecule has 0 saturated carbocycles. The van der Waals surface area contributed by atoms with Crippen molar-refractivity contribution in [2.75, 3.05) is 0 Å². The van der Waals surface area contributed by atoms with Gasteiger partial charge < -0.3 is 10.4 Å². The molecule has 0 bridgehead atoms. The highest BCUT2D eigenvalue weighted by Gasteiger charge is 2.08. The van der Waals surface area contributed by atoms with Crippen LogP contribution in [0.5, 0.6) is 0 Å². The van der Waals surface area contributed by atoms with E-state index >= 15 is 0 Å². The van der Waals surface area contributed by atoms with Crippen LogP contribution in [0.25, 0.3) is 0 Å². The number of hydrogen-bond acceptors (Lipinski definition) is 2. The first kappa shape index (κ1) is 14.7. The van der Waals surface area contributed by atoms with E-state index in [2.05, 4.69) is 12.2 Å². The van der Waals surface area contributed by atoms with Crippen LogP contribution in [-0.4, -0.2) is 23.0 Å². The van der Waals surface area contributed by atoms with Gasteiger partial charge in [0.05, 0.1) is 6.42 Å². The number of rotatable bonds is 8. The largest absolute Gasteiger partial charge is 0.481 e. The molecule has 0 aromatic carbocycles. The summed E-state index contributed by atoms with van der Waals surface area (Å²) in [5, 5.41) is 11.1. The number of carboxylic acids is 1. The van der Waals surface area contributed by atoms with Gasteiger partial charge in [-0.3, -0.25) is 9.59 Å². The summed E-state index contributed by atoms with van der Waals surface area (Å²) in [6, 6.07) is -0.328. The fraction of sp³-hybridized carbons (Fsp3) is 0.667. The van der Waals surface area contributed by atoms with Crippen molar-refractivity contribution < 1.29 is 14.7 Å². The number of carboxylic acid groups (broad SMARTS) is 1. The molecule has 0 aromatic rings. The summed E-state index contributed by atoms with van der Waals surface area (Å²) in [5.41, 5.74) is 0. The smallest absolute Gasteiger partial charge is 0.305 e. The molecular formula is C12H21NO3. The number of aliphatic carboxylic acids is 1. The second-order valence-electron chi connectivity index (χ2n) is 3.91. The first-order chi connectivity index (χ1) is 7.56. The molecule has 0 aliphatic rings. The highest BCUT2D eigenvalue weighted by molar-refractivity contribution is 5.88. The van der Waals surface area contributed by atoms with E-state index in [1.54, 1.807) is 6.92 Å². The van der Waals surface area contributed by atoms with Crippen molar-refractivity contribution in [2.45, 2.75) is 52.0 Å². The lowest BCUT2D eigenvalue weighted by Gasteiger charge is -2.08. The van der Waals surface area contributed by atoms with Crippen molar-refractivity contribution in [2.24, 2.45) is 0 Å². The maximum absolute atomic E-state index is 11.3. The average Bonchev–Trinajstić information content (AvgIpc) is 2.15. The van der Waals surface area contributed by atoms with Crippen molar-refractivity contribution in [1.29, 1.82) is 0 Å². The lowest BCUT2D eigenvalue weighted by molar-refractivity contribution is -0.137. The van der Waals surface area contributed by atoms with Crippen LogP contribution in [-0.2, 0) is 9.59 Å². The maximum Gasteiger partial charge on any atom is 0.305 e. The Hall–Kier alpha value is -1.32. The quantitative estimate of drug-likeness (QED) is 0.493. The molecule has 0 fully saturated rings. The first-order valence-electron chi connectivity index (χ1n) is 5.75. The van der Waals surface area contributed by atoms with Crippen LogP contribution < -0.4 is 5.32 Å². The zero-order chi connectivity index (χ0) is 12.4. The fourth-order valence-electron chi connectivity index (χ4n) is 1.31. The van der Waals surface area contributed by atoms with Crippen molar-refractivity contribution >= 4 is 11.9 Å². The minimum atomic E-state index is -0.903. The molecule has 0 aromatic heterocycles. The predicted molar refractivity (Wildman–Crippen MR) is 63.1 cm³/mol. The van der Waals surface area contributed by atoms with Crippen LogP contribution in [0.1, 0.15) is 46.0 Å². The van der Waals surface area contributed by atoms with Crippen LogP contribution in [0, 0.1) is 0 Å². The third-order valence-electron chi connectivity index (χ3n) is 2.11. The zero-order valence-electron chi connectivity index (χ0n) is 10.0. The standard InChI is InChI=1S/C12H21NO3/c1-3-4-5-6-7-8-11(14)13-10(2)9-12(15)16/h7-8,10H,3-6,9H2,1-2H3,(H,13,14)(H,15,16)/b8-7+. The van der Waals surface area contributed by atoms with E-state index in [1.165, 1.54) is 12.5 Å². The summed E-state index contributed by atoms with van der Waals surface area (Å²) >= 11 is 0. The molecule has 1 amide bonds. The van der Waals surface area contributed by atoms with E-state index in [0.29, 0.717) is 0 Å². The topological polar surface area (TPSA) is 66.4 Å². The Balaban J connectivity index is 3.68. The van der Waals surface area contributed by atoms with Crippen LogP contribution >= 0.6 is 0 Å². The van der Waals surface area contributed by atoms with Crippen LogP contribution in [0.2, 0.25) is 0 Å². The van der Waals surface area contributed by atoms with E-state index < -0.39 is 5.97 Å². The Morgan fingerprint density at radius 1 is 1.38 bits per heavy atom. The minimum absolute atomic E-state index is 0.0462. The van der Waals surface area contributed by atoms with E-state index in [9.17, 15) is 9.59 Å². The van der Waals surface area contributed by atoms with Gasteiger partial charge in [0.1, 0.15) is 0 Å². The van der Waals surface area contributed by atoms with Gasteiger partial charge in [-0.15, -0.1) is 0 Å². The summed E-state index contributed by atoms with van der Waals surface area (Å²) in [7, 11) is 0. The van der Waals surface area contributed by atoms with Crippen LogP contribution in [0.15, 0.2) is 12.2 Å². The first-order valence-corrected chi connectivity index (χ1v) is 5.75. The molecule has 0 saturated heterocycles. The van der Waals surface area contributed by atoms with Crippen molar-refractivity contribution in [1.82, 2.24) is 5.32 Å². The number of carbonyl (C=O) groups is 2. The van der Waals surface area contributed by atoms with Crippen molar-refractivity contribution in [3.8, 4) is 0 Å². The summed E-state index contributed by atoms with van der Waals surface area (Å²) in [6.07, 6.45) is 7.58. The number of amides is 1. The fourth-order valence-corrected chi connectivity index (χ4v) is 1.31. The molecule has 1 unspecified atom stereocenters. The third kappa shape index (κ3) is 9.24. The molecule has 16 heavy (non-hydrogen) atoms. The summed E-state index contributed by atoms with van der Waals surface area (Å²) in [5.74, 6) is -1.12. The Morgan fingerprint density at radius 2 is 2.06 bits per heavy atom. The molecule has 0 radical (unpaired) electrons. The molecule has 0 heterocycles. The van der Waals surface area contributed by atoms with E-state index in [1.807, 2.05) is 6.08 Å². The lowest BCUT2D eigenvalue weighted by Crippen LogP contribution is -2.32. The SMILES string of the molecule is CCCCC/C=C/C(=O)NC(C)CC(=O)O. The molecular weight excluding hydrogens is 206 g/mol. The Bertz CT molecular complexity index is 249. The van der Waals surface area contributed by atoms with Gasteiger partial charge in [0.2, 0.25) is 5.91 Å². The number of hydrogen-bond donors (Lipinski definition) is 2. The molecule has 0 rings (SSSR count). The summed E-state index contributed by atoms with van der Waals surface area (Å²) in [4.78, 5) is 21.6. The average molecular weight is 227 g/mol. The van der Waals surface area contributed by atoms with Gasteiger partial charge in [-0.25, -0.2) is 0 Å². The Morgan fingerprint density at radius 3 is 2.62 bits per heavy atom. The monoisotopic (exact) mass is 227 g/mol. The van der Waals surface area contributed by atoms with Crippen molar-refractivity contribution in [3.05, 3.63) is 12.2 Å².